The van der Waals surface area contributed by atoms with Crippen LogP contribution in [0.5, 0.6) is 0 Å². The van der Waals surface area contributed by atoms with Crippen molar-refractivity contribution in [1.82, 2.24) is 15.2 Å². The van der Waals surface area contributed by atoms with Crippen molar-refractivity contribution < 1.29 is 5.11 Å². The summed E-state index contributed by atoms with van der Waals surface area (Å²) in [6.07, 6.45) is 2.85. The Morgan fingerprint density at radius 3 is 3.00 bits per heavy atom. The van der Waals surface area contributed by atoms with E-state index >= 15 is 0 Å². The Bertz CT molecular complexity index is 503. The molecular formula is C10H11ClN4O. The Hall–Kier alpha value is -1.46. The van der Waals surface area contributed by atoms with Crippen LogP contribution in [0.3, 0.4) is 0 Å². The molecule has 2 N–H and O–H groups in total. The molecule has 84 valence electrons. The van der Waals surface area contributed by atoms with Crippen LogP contribution in [-0.2, 0) is 0 Å². The lowest BCUT2D eigenvalue weighted by atomic mass is 10.2. The van der Waals surface area contributed by atoms with Crippen molar-refractivity contribution in [3.05, 3.63) is 23.6 Å². The van der Waals surface area contributed by atoms with E-state index in [-0.39, 0.29) is 0 Å². The highest BCUT2D eigenvalue weighted by atomic mass is 35.5. The van der Waals surface area contributed by atoms with Gasteiger partial charge in [-0.05, 0) is 13.0 Å². The number of aliphatic hydroxyl groups is 1. The number of nitrogens with zero attached hydrogens (tertiary/aromatic N) is 3. The summed E-state index contributed by atoms with van der Waals surface area (Å²) >= 11 is 5.90. The largest absolute Gasteiger partial charge is 0.392 e. The van der Waals surface area contributed by atoms with Crippen LogP contribution in [0.4, 0.5) is 5.82 Å². The molecule has 6 heteroatoms. The van der Waals surface area contributed by atoms with E-state index < -0.39 is 6.10 Å². The van der Waals surface area contributed by atoms with Gasteiger partial charge in [0.05, 0.1) is 6.10 Å². The maximum Gasteiger partial charge on any atom is 0.161 e. The number of anilines is 1. The molecule has 0 unspecified atom stereocenters. The normalized spacial score (nSPS) is 12.7. The van der Waals surface area contributed by atoms with Crippen molar-refractivity contribution in [2.24, 2.45) is 0 Å². The van der Waals surface area contributed by atoms with Crippen LogP contribution >= 0.6 is 11.6 Å². The number of pyridine rings is 1. The van der Waals surface area contributed by atoms with E-state index in [1.807, 2.05) is 0 Å². The molecule has 0 bridgehead atoms. The molecule has 2 rings (SSSR count). The third-order valence-corrected chi connectivity index (χ3v) is 2.38. The lowest BCUT2D eigenvalue weighted by Crippen LogP contribution is -2.16. The second-order valence-corrected chi connectivity index (χ2v) is 3.85. The SMILES string of the molecule is C[C@@H](O)CNc1nnc(Cl)c2cnccc12. The van der Waals surface area contributed by atoms with Gasteiger partial charge in [0.15, 0.2) is 11.0 Å². The molecule has 0 spiro atoms. The first-order valence-electron chi connectivity index (χ1n) is 4.86. The number of halogens is 1. The Labute approximate surface area is 97.5 Å². The van der Waals surface area contributed by atoms with Gasteiger partial charge < -0.3 is 10.4 Å². The van der Waals surface area contributed by atoms with Gasteiger partial charge in [0.1, 0.15) is 0 Å². The molecule has 0 saturated heterocycles. The van der Waals surface area contributed by atoms with E-state index in [1.165, 1.54) is 0 Å². The topological polar surface area (TPSA) is 70.9 Å². The standard InChI is InChI=1S/C10H11ClN4O/c1-6(16)4-13-10-7-2-3-12-5-8(7)9(11)14-15-10/h2-3,5-6,16H,4H2,1H3,(H,13,15)/t6-/m1/s1. The molecule has 2 heterocycles. The first-order valence-corrected chi connectivity index (χ1v) is 5.24. The van der Waals surface area contributed by atoms with Crippen molar-refractivity contribution >= 4 is 28.2 Å². The van der Waals surface area contributed by atoms with Gasteiger partial charge in [0.25, 0.3) is 0 Å². The summed E-state index contributed by atoms with van der Waals surface area (Å²) < 4.78 is 0. The zero-order valence-electron chi connectivity index (χ0n) is 8.68. The van der Waals surface area contributed by atoms with Gasteiger partial charge in [-0.25, -0.2) is 0 Å². The molecule has 1 atom stereocenters. The van der Waals surface area contributed by atoms with Crippen LogP contribution in [0.25, 0.3) is 10.8 Å². The molecule has 0 aliphatic heterocycles. The van der Waals surface area contributed by atoms with Crippen LogP contribution in [0.1, 0.15) is 6.92 Å². The predicted octanol–water partition coefficient (Wildman–Crippen LogP) is 1.47. The minimum absolute atomic E-state index is 0.325. The Balaban J connectivity index is 2.42. The zero-order chi connectivity index (χ0) is 11.5. The molecule has 5 nitrogen and oxygen atoms in total. The van der Waals surface area contributed by atoms with Crippen LogP contribution in [0.2, 0.25) is 5.15 Å². The third-order valence-electron chi connectivity index (χ3n) is 2.10. The minimum Gasteiger partial charge on any atom is -0.392 e. The van der Waals surface area contributed by atoms with E-state index in [4.69, 9.17) is 11.6 Å². The van der Waals surface area contributed by atoms with Gasteiger partial charge in [-0.2, -0.15) is 0 Å². The first kappa shape index (κ1) is 11.0. The summed E-state index contributed by atoms with van der Waals surface area (Å²) in [5.41, 5.74) is 0. The van der Waals surface area contributed by atoms with E-state index in [1.54, 1.807) is 25.4 Å². The average Bonchev–Trinajstić information content (AvgIpc) is 2.28. The Morgan fingerprint density at radius 1 is 1.44 bits per heavy atom. The van der Waals surface area contributed by atoms with Gasteiger partial charge >= 0.3 is 0 Å². The van der Waals surface area contributed by atoms with Crippen molar-refractivity contribution in [3.8, 4) is 0 Å². The van der Waals surface area contributed by atoms with Crippen molar-refractivity contribution in [2.45, 2.75) is 13.0 Å². The minimum atomic E-state index is -0.450. The molecule has 0 aliphatic rings. The summed E-state index contributed by atoms with van der Waals surface area (Å²) in [5.74, 6) is 0.600. The molecule has 0 amide bonds. The van der Waals surface area contributed by atoms with Gasteiger partial charge in [0, 0.05) is 29.7 Å². The lowest BCUT2D eigenvalue weighted by Gasteiger charge is -2.09. The Morgan fingerprint density at radius 2 is 2.25 bits per heavy atom. The van der Waals surface area contributed by atoms with E-state index in [0.29, 0.717) is 17.5 Å². The third kappa shape index (κ3) is 2.20. The fraction of sp³-hybridized carbons (Fsp3) is 0.300. The van der Waals surface area contributed by atoms with Gasteiger partial charge in [-0.3, -0.25) is 4.98 Å². The fourth-order valence-corrected chi connectivity index (χ4v) is 1.53. The number of hydrogen-bond acceptors (Lipinski definition) is 5. The second kappa shape index (κ2) is 4.59. The van der Waals surface area contributed by atoms with Crippen LogP contribution in [0.15, 0.2) is 18.5 Å². The molecule has 2 aromatic heterocycles. The highest BCUT2D eigenvalue weighted by Crippen LogP contribution is 2.24. The van der Waals surface area contributed by atoms with Crippen LogP contribution < -0.4 is 5.32 Å². The summed E-state index contributed by atoms with van der Waals surface area (Å²) in [5, 5.41) is 21.9. The average molecular weight is 239 g/mol. The predicted molar refractivity (Wildman–Crippen MR) is 62.5 cm³/mol. The fourth-order valence-electron chi connectivity index (χ4n) is 1.34. The molecule has 0 aliphatic carbocycles. The lowest BCUT2D eigenvalue weighted by molar-refractivity contribution is 0.208. The number of hydrogen-bond donors (Lipinski definition) is 2. The number of aliphatic hydroxyl groups excluding tert-OH is 1. The second-order valence-electron chi connectivity index (χ2n) is 3.49. The number of nitrogens with one attached hydrogen (secondary N) is 1. The maximum atomic E-state index is 9.19. The molecule has 16 heavy (non-hydrogen) atoms. The van der Waals surface area contributed by atoms with Crippen molar-refractivity contribution in [2.75, 3.05) is 11.9 Å². The smallest absolute Gasteiger partial charge is 0.161 e. The molecule has 0 fully saturated rings. The van der Waals surface area contributed by atoms with Crippen molar-refractivity contribution in [1.29, 1.82) is 0 Å². The van der Waals surface area contributed by atoms with Gasteiger partial charge in [0.2, 0.25) is 0 Å². The van der Waals surface area contributed by atoms with E-state index in [2.05, 4.69) is 20.5 Å². The molecule has 2 aromatic rings. The highest BCUT2D eigenvalue weighted by Gasteiger charge is 2.07. The molecule has 0 aromatic carbocycles. The highest BCUT2D eigenvalue weighted by molar-refractivity contribution is 6.34. The van der Waals surface area contributed by atoms with Crippen LogP contribution in [0, 0.1) is 0 Å². The van der Waals surface area contributed by atoms with Gasteiger partial charge in [-0.1, -0.05) is 11.6 Å². The first-order chi connectivity index (χ1) is 7.68. The summed E-state index contributed by atoms with van der Waals surface area (Å²) in [6, 6.07) is 1.81. The molecule has 0 saturated carbocycles. The summed E-state index contributed by atoms with van der Waals surface area (Å²) in [4.78, 5) is 3.98. The van der Waals surface area contributed by atoms with Crippen LogP contribution in [-0.4, -0.2) is 32.9 Å². The summed E-state index contributed by atoms with van der Waals surface area (Å²) in [7, 11) is 0. The monoisotopic (exact) mass is 238 g/mol. The number of rotatable bonds is 3. The van der Waals surface area contributed by atoms with Gasteiger partial charge in [-0.15, -0.1) is 10.2 Å². The number of aromatic nitrogens is 3. The van der Waals surface area contributed by atoms with Crippen molar-refractivity contribution in [3.63, 3.8) is 0 Å². The summed E-state index contributed by atoms with van der Waals surface area (Å²) in [6.45, 7) is 2.10. The van der Waals surface area contributed by atoms with E-state index in [9.17, 15) is 5.11 Å². The molecule has 0 radical (unpaired) electrons. The zero-order valence-corrected chi connectivity index (χ0v) is 9.44. The molecular weight excluding hydrogens is 228 g/mol. The Kier molecular flexibility index (Phi) is 3.17. The van der Waals surface area contributed by atoms with E-state index in [0.717, 1.165) is 10.8 Å². The maximum absolute atomic E-state index is 9.19. The quantitative estimate of drug-likeness (QED) is 0.847. The number of fused-ring (bicyclic) bond motifs is 1.